The summed E-state index contributed by atoms with van der Waals surface area (Å²) in [5, 5.41) is 11.7. The van der Waals surface area contributed by atoms with Crippen molar-refractivity contribution in [1.29, 1.82) is 0 Å². The molecule has 3 nitrogen and oxygen atoms in total. The van der Waals surface area contributed by atoms with Gasteiger partial charge in [-0.25, -0.2) is 4.39 Å². The number of benzene rings is 1. The van der Waals surface area contributed by atoms with Gasteiger partial charge < -0.3 is 10.4 Å². The molecule has 2 N–H and O–H groups in total. The number of carbonyl (C=O) groups is 1. The predicted octanol–water partition coefficient (Wildman–Crippen LogP) is 2.12. The van der Waals surface area contributed by atoms with E-state index >= 15 is 0 Å². The van der Waals surface area contributed by atoms with E-state index in [1.54, 1.807) is 12.1 Å². The van der Waals surface area contributed by atoms with Crippen molar-refractivity contribution in [2.75, 3.05) is 12.4 Å². The average molecular weight is 271 g/mol. The fourth-order valence-electron chi connectivity index (χ4n) is 1.39. The van der Waals surface area contributed by atoms with Gasteiger partial charge in [-0.1, -0.05) is 19.1 Å². The molecule has 1 amide bonds. The lowest BCUT2D eigenvalue weighted by molar-refractivity contribution is -0.119. The van der Waals surface area contributed by atoms with Crippen LogP contribution in [0, 0.1) is 5.82 Å². The fraction of sp³-hybridized carbons (Fsp3) is 0.462. The zero-order valence-electron chi connectivity index (χ0n) is 10.5. The zero-order chi connectivity index (χ0) is 13.5. The summed E-state index contributed by atoms with van der Waals surface area (Å²) >= 11 is 1.40. The quantitative estimate of drug-likeness (QED) is 0.833. The largest absolute Gasteiger partial charge is 0.395 e. The van der Waals surface area contributed by atoms with E-state index in [1.165, 1.54) is 23.9 Å². The molecular weight excluding hydrogens is 253 g/mol. The molecule has 0 fully saturated rings. The van der Waals surface area contributed by atoms with Crippen molar-refractivity contribution >= 4 is 17.7 Å². The Balaban J connectivity index is 2.42. The van der Waals surface area contributed by atoms with Gasteiger partial charge in [0.05, 0.1) is 18.4 Å². The van der Waals surface area contributed by atoms with E-state index in [0.717, 1.165) is 5.56 Å². The minimum absolute atomic E-state index is 0.0527. The number of hydrogen-bond donors (Lipinski definition) is 2. The van der Waals surface area contributed by atoms with E-state index in [2.05, 4.69) is 5.32 Å². The fourth-order valence-corrected chi connectivity index (χ4v) is 2.01. The molecule has 0 radical (unpaired) electrons. The number of halogens is 1. The Morgan fingerprint density at radius 3 is 2.56 bits per heavy atom. The van der Waals surface area contributed by atoms with Crippen LogP contribution in [0.2, 0.25) is 0 Å². The summed E-state index contributed by atoms with van der Waals surface area (Å²) in [6, 6.07) is 5.91. The van der Waals surface area contributed by atoms with E-state index in [0.29, 0.717) is 5.75 Å². The molecule has 0 spiro atoms. The Labute approximate surface area is 111 Å². The van der Waals surface area contributed by atoms with E-state index in [1.807, 2.05) is 13.8 Å². The van der Waals surface area contributed by atoms with Crippen LogP contribution in [-0.4, -0.2) is 28.6 Å². The highest BCUT2D eigenvalue weighted by molar-refractivity contribution is 8.00. The van der Waals surface area contributed by atoms with Gasteiger partial charge >= 0.3 is 0 Å². The summed E-state index contributed by atoms with van der Waals surface area (Å²) in [4.78, 5) is 11.6. The van der Waals surface area contributed by atoms with Crippen LogP contribution < -0.4 is 5.32 Å². The first-order chi connectivity index (χ1) is 8.52. The average Bonchev–Trinajstić information content (AvgIpc) is 2.36. The Morgan fingerprint density at radius 2 is 2.00 bits per heavy atom. The third-order valence-electron chi connectivity index (χ3n) is 2.50. The number of thioether (sulfide) groups is 1. The Kier molecular flexibility index (Phi) is 6.15. The van der Waals surface area contributed by atoms with E-state index in [4.69, 9.17) is 5.11 Å². The SMILES string of the molecule is CC(CO)SCC(=O)NC(C)c1ccc(F)cc1. The lowest BCUT2D eigenvalue weighted by Gasteiger charge is -2.15. The molecule has 100 valence electrons. The van der Waals surface area contributed by atoms with Crippen LogP contribution in [0.5, 0.6) is 0 Å². The number of rotatable bonds is 6. The maximum absolute atomic E-state index is 12.7. The molecule has 5 heteroatoms. The van der Waals surface area contributed by atoms with Gasteiger partial charge in [-0.15, -0.1) is 11.8 Å². The summed E-state index contributed by atoms with van der Waals surface area (Å²) in [7, 11) is 0. The van der Waals surface area contributed by atoms with Gasteiger partial charge in [0.25, 0.3) is 0 Å². The van der Waals surface area contributed by atoms with Crippen LogP contribution in [0.3, 0.4) is 0 Å². The molecule has 0 heterocycles. The highest BCUT2D eigenvalue weighted by atomic mass is 32.2. The van der Waals surface area contributed by atoms with Gasteiger partial charge in [0.15, 0.2) is 0 Å². The molecule has 0 bridgehead atoms. The van der Waals surface area contributed by atoms with Crippen LogP contribution in [0.4, 0.5) is 4.39 Å². The van der Waals surface area contributed by atoms with Crippen LogP contribution >= 0.6 is 11.8 Å². The summed E-state index contributed by atoms with van der Waals surface area (Å²) in [6.45, 7) is 3.78. The lowest BCUT2D eigenvalue weighted by Crippen LogP contribution is -2.29. The minimum atomic E-state index is -0.287. The highest BCUT2D eigenvalue weighted by Crippen LogP contribution is 2.14. The molecule has 0 aliphatic rings. The van der Waals surface area contributed by atoms with Crippen molar-refractivity contribution in [2.24, 2.45) is 0 Å². The smallest absolute Gasteiger partial charge is 0.230 e. The Bertz CT molecular complexity index is 383. The monoisotopic (exact) mass is 271 g/mol. The van der Waals surface area contributed by atoms with Crippen LogP contribution in [0.25, 0.3) is 0 Å². The number of aliphatic hydroxyl groups excluding tert-OH is 1. The highest BCUT2D eigenvalue weighted by Gasteiger charge is 2.11. The molecule has 0 saturated heterocycles. The second-order valence-electron chi connectivity index (χ2n) is 4.14. The first-order valence-electron chi connectivity index (χ1n) is 5.80. The molecule has 0 saturated carbocycles. The summed E-state index contributed by atoms with van der Waals surface area (Å²) in [5.74, 6) is -0.0606. The number of amides is 1. The molecule has 0 aliphatic carbocycles. The van der Waals surface area contributed by atoms with E-state index in [9.17, 15) is 9.18 Å². The second kappa shape index (κ2) is 7.38. The van der Waals surface area contributed by atoms with Gasteiger partial charge in [-0.05, 0) is 24.6 Å². The zero-order valence-corrected chi connectivity index (χ0v) is 11.3. The topological polar surface area (TPSA) is 49.3 Å². The first-order valence-corrected chi connectivity index (χ1v) is 6.85. The molecule has 1 aromatic rings. The summed E-state index contributed by atoms with van der Waals surface area (Å²) in [6.07, 6.45) is 0. The molecule has 0 aliphatic heterocycles. The maximum Gasteiger partial charge on any atom is 0.230 e. The van der Waals surface area contributed by atoms with Gasteiger partial charge in [0, 0.05) is 5.25 Å². The van der Waals surface area contributed by atoms with E-state index < -0.39 is 0 Å². The predicted molar refractivity (Wildman–Crippen MR) is 72.0 cm³/mol. The van der Waals surface area contributed by atoms with Crippen molar-refractivity contribution < 1.29 is 14.3 Å². The standard InChI is InChI=1S/C13H18FNO2S/c1-9(7-16)18-8-13(17)15-10(2)11-3-5-12(14)6-4-11/h3-6,9-10,16H,7-8H2,1-2H3,(H,15,17). The molecular formula is C13H18FNO2S. The van der Waals surface area contributed by atoms with Crippen molar-refractivity contribution in [3.8, 4) is 0 Å². The van der Waals surface area contributed by atoms with Crippen LogP contribution in [0.15, 0.2) is 24.3 Å². The van der Waals surface area contributed by atoms with E-state index in [-0.39, 0.29) is 29.6 Å². The summed E-state index contributed by atoms with van der Waals surface area (Å²) < 4.78 is 12.7. The van der Waals surface area contributed by atoms with Crippen molar-refractivity contribution in [2.45, 2.75) is 25.1 Å². The normalized spacial score (nSPS) is 14.0. The van der Waals surface area contributed by atoms with Crippen LogP contribution in [0.1, 0.15) is 25.5 Å². The van der Waals surface area contributed by atoms with Gasteiger partial charge in [-0.2, -0.15) is 0 Å². The number of carbonyl (C=O) groups excluding carboxylic acids is 1. The number of hydrogen-bond acceptors (Lipinski definition) is 3. The lowest BCUT2D eigenvalue weighted by atomic mass is 10.1. The molecule has 1 rings (SSSR count). The third-order valence-corrected chi connectivity index (χ3v) is 3.65. The minimum Gasteiger partial charge on any atom is -0.395 e. The Morgan fingerprint density at radius 1 is 1.39 bits per heavy atom. The number of aliphatic hydroxyl groups is 1. The third kappa shape index (κ3) is 5.06. The van der Waals surface area contributed by atoms with Gasteiger partial charge in [0.2, 0.25) is 5.91 Å². The van der Waals surface area contributed by atoms with Crippen molar-refractivity contribution in [3.05, 3.63) is 35.6 Å². The molecule has 2 unspecified atom stereocenters. The second-order valence-corrected chi connectivity index (χ2v) is 5.57. The number of nitrogens with one attached hydrogen (secondary N) is 1. The van der Waals surface area contributed by atoms with Crippen LogP contribution in [-0.2, 0) is 4.79 Å². The summed E-state index contributed by atoms with van der Waals surface area (Å²) in [5.41, 5.74) is 0.866. The Hall–Kier alpha value is -1.07. The molecule has 18 heavy (non-hydrogen) atoms. The maximum atomic E-state index is 12.7. The molecule has 0 aromatic heterocycles. The van der Waals surface area contributed by atoms with Gasteiger partial charge in [-0.3, -0.25) is 4.79 Å². The van der Waals surface area contributed by atoms with Crippen molar-refractivity contribution in [3.63, 3.8) is 0 Å². The first kappa shape index (κ1) is 15.0. The molecule has 1 aromatic carbocycles. The molecule has 2 atom stereocenters. The van der Waals surface area contributed by atoms with Gasteiger partial charge in [0.1, 0.15) is 5.82 Å². The van der Waals surface area contributed by atoms with Crippen molar-refractivity contribution in [1.82, 2.24) is 5.32 Å².